The number of phenolic OH excluding ortho intramolecular Hbond substituents is 4. The lowest BCUT2D eigenvalue weighted by Gasteiger charge is -2.38. The third-order valence-electron chi connectivity index (χ3n) is 4.30. The van der Waals surface area contributed by atoms with E-state index in [0.717, 1.165) is 24.3 Å². The number of alkyl halides is 6. The summed E-state index contributed by atoms with van der Waals surface area (Å²) in [6.07, 6.45) is -11.4. The summed E-state index contributed by atoms with van der Waals surface area (Å²) in [5.41, 5.74) is -6.44. The van der Waals surface area contributed by atoms with E-state index in [9.17, 15) is 26.3 Å². The number of phenols is 4. The van der Waals surface area contributed by atoms with Crippen LogP contribution < -0.4 is 0 Å². The topological polar surface area (TPSA) is 121 Å². The molecule has 0 aromatic heterocycles. The summed E-state index contributed by atoms with van der Waals surface area (Å²) in [5, 5.41) is 49.8. The van der Waals surface area contributed by atoms with Crippen molar-refractivity contribution < 1.29 is 57.0 Å². The van der Waals surface area contributed by atoms with Gasteiger partial charge in [0.15, 0.2) is 0 Å². The van der Waals surface area contributed by atoms with Crippen molar-refractivity contribution in [3.05, 3.63) is 83.9 Å². The minimum Gasteiger partial charge on any atom is -0.508 e. The Morgan fingerprint density at radius 3 is 0.800 bits per heavy atom. The van der Waals surface area contributed by atoms with Gasteiger partial charge in [0, 0.05) is 0 Å². The fourth-order valence-electron chi connectivity index (χ4n) is 2.86. The summed E-state index contributed by atoms with van der Waals surface area (Å²) in [5.74, 6) is -0.582. The highest BCUT2D eigenvalue weighted by Crippen LogP contribution is 2.56. The van der Waals surface area contributed by atoms with Crippen molar-refractivity contribution in [2.24, 2.45) is 0 Å². The van der Waals surface area contributed by atoms with E-state index in [4.69, 9.17) is 30.6 Å². The Morgan fingerprint density at radius 1 is 0.457 bits per heavy atom. The van der Waals surface area contributed by atoms with Crippen molar-refractivity contribution in [2.45, 2.75) is 25.2 Å². The zero-order valence-electron chi connectivity index (χ0n) is 17.1. The summed E-state index contributed by atoms with van der Waals surface area (Å²) >= 11 is 0. The molecule has 35 heavy (non-hydrogen) atoms. The maximum Gasteiger partial charge on any atom is 0.411 e. The molecule has 6 N–H and O–H groups in total. The van der Waals surface area contributed by atoms with Crippen molar-refractivity contribution in [3.63, 3.8) is 0 Å². The van der Waals surface area contributed by atoms with Crippen LogP contribution in [0.5, 0.6) is 23.0 Å². The van der Waals surface area contributed by atoms with Crippen LogP contribution in [0.2, 0.25) is 0 Å². The summed E-state index contributed by atoms with van der Waals surface area (Å²) in [6.45, 7) is -0.750. The van der Waals surface area contributed by atoms with E-state index < -0.39 is 47.2 Å². The first-order valence-corrected chi connectivity index (χ1v) is 9.12. The molecule has 0 aliphatic heterocycles. The second kappa shape index (κ2) is 12.7. The number of benzene rings is 3. The number of aliphatic hydroxyl groups excluding tert-OH is 1. The van der Waals surface area contributed by atoms with Gasteiger partial charge in [0.05, 0.1) is 0 Å². The van der Waals surface area contributed by atoms with E-state index in [1.54, 1.807) is 0 Å². The zero-order valence-corrected chi connectivity index (χ0v) is 17.1. The van der Waals surface area contributed by atoms with Crippen LogP contribution in [0.3, 0.4) is 0 Å². The molecule has 0 unspecified atom stereocenters. The number of halogens is 6. The SMILES string of the molecule is C.OCO.Oc1ccc(C(c2ccc(O)cc2)(C(F)(F)F)C(F)(F)F)cc1.Oc1ccc(O)cc1. The van der Waals surface area contributed by atoms with Crippen LogP contribution in [0.15, 0.2) is 72.8 Å². The van der Waals surface area contributed by atoms with Gasteiger partial charge in [0.2, 0.25) is 5.41 Å². The van der Waals surface area contributed by atoms with Crippen molar-refractivity contribution >= 4 is 0 Å². The Kier molecular flexibility index (Phi) is 11.4. The van der Waals surface area contributed by atoms with Crippen LogP contribution in [-0.4, -0.2) is 49.8 Å². The third-order valence-corrected chi connectivity index (χ3v) is 4.30. The minimum absolute atomic E-state index is 0. The second-order valence-corrected chi connectivity index (χ2v) is 6.50. The van der Waals surface area contributed by atoms with Crippen LogP contribution >= 0.6 is 0 Å². The van der Waals surface area contributed by atoms with Crippen molar-refractivity contribution in [1.82, 2.24) is 0 Å². The van der Waals surface area contributed by atoms with Gasteiger partial charge in [0.1, 0.15) is 29.8 Å². The molecule has 0 bridgehead atoms. The quantitative estimate of drug-likeness (QED) is 0.161. The van der Waals surface area contributed by atoms with Gasteiger partial charge in [-0.3, -0.25) is 0 Å². The molecule has 3 rings (SSSR count). The van der Waals surface area contributed by atoms with Gasteiger partial charge in [-0.15, -0.1) is 0 Å². The fraction of sp³-hybridized carbons (Fsp3) is 0.217. The van der Waals surface area contributed by atoms with E-state index >= 15 is 0 Å². The molecule has 3 aromatic carbocycles. The summed E-state index contributed by atoms with van der Waals surface area (Å²) < 4.78 is 81.6. The van der Waals surface area contributed by atoms with E-state index in [0.29, 0.717) is 24.3 Å². The van der Waals surface area contributed by atoms with E-state index in [1.165, 1.54) is 24.3 Å². The largest absolute Gasteiger partial charge is 0.508 e. The summed E-state index contributed by atoms with van der Waals surface area (Å²) in [6, 6.07) is 11.0. The number of hydrogen-bond donors (Lipinski definition) is 6. The highest BCUT2D eigenvalue weighted by molar-refractivity contribution is 5.46. The first-order chi connectivity index (χ1) is 15.7. The molecule has 0 saturated heterocycles. The molecule has 194 valence electrons. The Hall–Kier alpha value is -3.64. The summed E-state index contributed by atoms with van der Waals surface area (Å²) in [7, 11) is 0. The summed E-state index contributed by atoms with van der Waals surface area (Å²) in [4.78, 5) is 0. The lowest BCUT2D eigenvalue weighted by Crippen LogP contribution is -2.54. The van der Waals surface area contributed by atoms with E-state index in [-0.39, 0.29) is 18.9 Å². The fourth-order valence-corrected chi connectivity index (χ4v) is 2.86. The molecule has 3 aromatic rings. The molecule has 0 aliphatic rings. The second-order valence-electron chi connectivity index (χ2n) is 6.50. The Balaban J connectivity index is 0.000000802. The predicted octanol–water partition coefficient (Wildman–Crippen LogP) is 5.17. The molecule has 0 aliphatic carbocycles. The lowest BCUT2D eigenvalue weighted by molar-refractivity contribution is -0.288. The van der Waals surface area contributed by atoms with Crippen molar-refractivity contribution in [3.8, 4) is 23.0 Å². The maximum absolute atomic E-state index is 13.6. The van der Waals surface area contributed by atoms with Crippen molar-refractivity contribution in [2.75, 3.05) is 6.79 Å². The standard InChI is InChI=1S/C15H10F6O2.C6H6O2.CH4O2.CH4/c16-14(17,18)13(15(19,20)21,9-1-5-11(22)6-2-9)10-3-7-12(23)8-4-10;7-5-1-2-6(8)4-3-5;2-1-3;/h1-8,22-23H;1-4,7-8H;2-3H,1H2;1H4. The number of aromatic hydroxyl groups is 4. The van der Waals surface area contributed by atoms with Crippen LogP contribution in [-0.2, 0) is 5.41 Å². The van der Waals surface area contributed by atoms with Crippen LogP contribution in [0.1, 0.15) is 18.6 Å². The molecule has 0 saturated carbocycles. The van der Waals surface area contributed by atoms with Gasteiger partial charge < -0.3 is 30.6 Å². The van der Waals surface area contributed by atoms with Gasteiger partial charge in [0.25, 0.3) is 0 Å². The van der Waals surface area contributed by atoms with Crippen LogP contribution in [0.25, 0.3) is 0 Å². The molecule has 0 radical (unpaired) electrons. The maximum atomic E-state index is 13.6. The van der Waals surface area contributed by atoms with Gasteiger partial charge >= 0.3 is 12.4 Å². The average molecular weight is 510 g/mol. The molecular weight excluding hydrogens is 486 g/mol. The molecule has 6 nitrogen and oxygen atoms in total. The van der Waals surface area contributed by atoms with Gasteiger partial charge in [-0.1, -0.05) is 31.7 Å². The number of rotatable bonds is 2. The first kappa shape index (κ1) is 31.4. The highest BCUT2D eigenvalue weighted by atomic mass is 19.4. The number of hydrogen-bond acceptors (Lipinski definition) is 6. The van der Waals surface area contributed by atoms with Gasteiger partial charge in [-0.05, 0) is 59.7 Å². The number of aliphatic hydroxyl groups is 2. The van der Waals surface area contributed by atoms with E-state index in [2.05, 4.69) is 0 Å². The third kappa shape index (κ3) is 7.69. The Labute approximate surface area is 196 Å². The average Bonchev–Trinajstić information content (AvgIpc) is 2.72. The smallest absolute Gasteiger partial charge is 0.411 e. The predicted molar refractivity (Wildman–Crippen MR) is 115 cm³/mol. The molecule has 0 heterocycles. The molecule has 0 amide bonds. The van der Waals surface area contributed by atoms with Gasteiger partial charge in [-0.25, -0.2) is 0 Å². The monoisotopic (exact) mass is 510 g/mol. The molecule has 0 spiro atoms. The minimum atomic E-state index is -5.70. The Morgan fingerprint density at radius 2 is 0.629 bits per heavy atom. The molecule has 12 heteroatoms. The van der Waals surface area contributed by atoms with Crippen LogP contribution in [0, 0.1) is 0 Å². The van der Waals surface area contributed by atoms with Gasteiger partial charge in [-0.2, -0.15) is 26.3 Å². The zero-order chi connectivity index (χ0) is 26.2. The first-order valence-electron chi connectivity index (χ1n) is 9.12. The highest BCUT2D eigenvalue weighted by Gasteiger charge is 2.72. The molecule has 0 fully saturated rings. The Bertz CT molecular complexity index is 919. The molecule has 0 atom stereocenters. The van der Waals surface area contributed by atoms with Crippen molar-refractivity contribution in [1.29, 1.82) is 0 Å². The normalized spacial score (nSPS) is 11.2. The molecular formula is C23H24F6O6. The van der Waals surface area contributed by atoms with Crippen LogP contribution in [0.4, 0.5) is 26.3 Å². The lowest BCUT2D eigenvalue weighted by atomic mass is 9.73. The van der Waals surface area contributed by atoms with E-state index in [1.807, 2.05) is 0 Å².